The van der Waals surface area contributed by atoms with E-state index in [1.165, 1.54) is 38.9 Å². The van der Waals surface area contributed by atoms with Crippen molar-refractivity contribution >= 4 is 16.5 Å². The lowest BCUT2D eigenvalue weighted by Crippen LogP contribution is -2.26. The second kappa shape index (κ2) is 5.42. The largest absolute Gasteiger partial charge is 0.357 e. The van der Waals surface area contributed by atoms with Crippen molar-refractivity contribution in [3.8, 4) is 0 Å². The molecule has 0 aliphatic carbocycles. The third kappa shape index (κ3) is 3.14. The number of anilines is 1. The zero-order chi connectivity index (χ0) is 10.5. The van der Waals surface area contributed by atoms with E-state index in [1.807, 2.05) is 0 Å². The Morgan fingerprint density at radius 2 is 2.47 bits per heavy atom. The van der Waals surface area contributed by atoms with E-state index in [4.69, 9.17) is 0 Å². The van der Waals surface area contributed by atoms with Crippen molar-refractivity contribution in [2.24, 2.45) is 0 Å². The van der Waals surface area contributed by atoms with E-state index in [2.05, 4.69) is 27.3 Å². The van der Waals surface area contributed by atoms with Gasteiger partial charge in [-0.3, -0.25) is 0 Å². The van der Waals surface area contributed by atoms with Gasteiger partial charge in [-0.25, -0.2) is 0 Å². The summed E-state index contributed by atoms with van der Waals surface area (Å²) in [6.45, 7) is 5.85. The van der Waals surface area contributed by atoms with Gasteiger partial charge in [0, 0.05) is 12.6 Å². The van der Waals surface area contributed by atoms with Crippen LogP contribution in [0.1, 0.15) is 26.2 Å². The number of nitrogens with zero attached hydrogens (tertiary/aromatic N) is 3. The van der Waals surface area contributed by atoms with Crippen LogP contribution >= 0.6 is 11.3 Å². The van der Waals surface area contributed by atoms with Crippen LogP contribution in [0, 0.1) is 0 Å². The summed E-state index contributed by atoms with van der Waals surface area (Å²) in [6.07, 6.45) is 3.74. The quantitative estimate of drug-likeness (QED) is 0.853. The highest BCUT2D eigenvalue weighted by Crippen LogP contribution is 2.17. The molecule has 0 amide bonds. The van der Waals surface area contributed by atoms with Gasteiger partial charge in [0.1, 0.15) is 5.51 Å². The lowest BCUT2D eigenvalue weighted by Gasteiger charge is -2.17. The Balaban J connectivity index is 1.83. The number of rotatable bonds is 3. The molecule has 5 heteroatoms. The van der Waals surface area contributed by atoms with Crippen LogP contribution in [0.2, 0.25) is 0 Å². The molecule has 1 aliphatic rings. The van der Waals surface area contributed by atoms with Crippen LogP contribution in [0.15, 0.2) is 5.51 Å². The van der Waals surface area contributed by atoms with E-state index >= 15 is 0 Å². The highest BCUT2D eigenvalue weighted by molar-refractivity contribution is 7.13. The van der Waals surface area contributed by atoms with Crippen molar-refractivity contribution in [2.75, 3.05) is 25.0 Å². The molecular weight excluding hydrogens is 208 g/mol. The summed E-state index contributed by atoms with van der Waals surface area (Å²) in [5.41, 5.74) is 1.78. The van der Waals surface area contributed by atoms with Crippen molar-refractivity contribution in [3.63, 3.8) is 0 Å². The highest BCUT2D eigenvalue weighted by Gasteiger charge is 2.16. The minimum Gasteiger partial charge on any atom is -0.357 e. The van der Waals surface area contributed by atoms with Gasteiger partial charge in [0.25, 0.3) is 0 Å². The van der Waals surface area contributed by atoms with Crippen LogP contribution < -0.4 is 5.32 Å². The molecular formula is C10H18N4S. The summed E-state index contributed by atoms with van der Waals surface area (Å²) in [7, 11) is 0. The highest BCUT2D eigenvalue weighted by atomic mass is 32.1. The Morgan fingerprint density at radius 1 is 1.53 bits per heavy atom. The third-order valence-corrected chi connectivity index (χ3v) is 3.58. The number of nitrogens with one attached hydrogen (secondary N) is 1. The van der Waals surface area contributed by atoms with Crippen LogP contribution in [0.5, 0.6) is 0 Å². The summed E-state index contributed by atoms with van der Waals surface area (Å²) < 4.78 is 0. The molecule has 84 valence electrons. The first kappa shape index (κ1) is 10.8. The van der Waals surface area contributed by atoms with Crippen molar-refractivity contribution in [3.05, 3.63) is 5.51 Å². The fraction of sp³-hybridized carbons (Fsp3) is 0.800. The molecule has 1 aromatic rings. The van der Waals surface area contributed by atoms with Crippen molar-refractivity contribution in [1.29, 1.82) is 0 Å². The molecule has 1 N–H and O–H groups in total. The van der Waals surface area contributed by atoms with Gasteiger partial charge < -0.3 is 10.2 Å². The average molecular weight is 226 g/mol. The molecule has 0 saturated carbocycles. The van der Waals surface area contributed by atoms with Gasteiger partial charge in [0.2, 0.25) is 5.13 Å². The zero-order valence-corrected chi connectivity index (χ0v) is 9.96. The first-order valence-corrected chi connectivity index (χ1v) is 6.51. The molecule has 15 heavy (non-hydrogen) atoms. The molecule has 1 unspecified atom stereocenters. The van der Waals surface area contributed by atoms with Crippen LogP contribution in [0.25, 0.3) is 0 Å². The molecule has 1 aliphatic heterocycles. The minimum atomic E-state index is 0.578. The summed E-state index contributed by atoms with van der Waals surface area (Å²) >= 11 is 1.58. The molecule has 0 radical (unpaired) electrons. The molecule has 0 spiro atoms. The topological polar surface area (TPSA) is 41.0 Å². The van der Waals surface area contributed by atoms with Gasteiger partial charge in [0.15, 0.2) is 0 Å². The van der Waals surface area contributed by atoms with E-state index in [0.29, 0.717) is 6.04 Å². The third-order valence-electron chi connectivity index (χ3n) is 2.96. The van der Waals surface area contributed by atoms with Gasteiger partial charge in [0.05, 0.1) is 0 Å². The molecule has 2 heterocycles. The summed E-state index contributed by atoms with van der Waals surface area (Å²) in [4.78, 5) is 2.52. The average Bonchev–Trinajstić information content (AvgIpc) is 2.64. The summed E-state index contributed by atoms with van der Waals surface area (Å²) in [5.74, 6) is 0. The fourth-order valence-corrected chi connectivity index (χ4v) is 2.55. The van der Waals surface area contributed by atoms with Gasteiger partial charge in [-0.15, -0.1) is 10.2 Å². The van der Waals surface area contributed by atoms with Crippen molar-refractivity contribution < 1.29 is 0 Å². The number of likely N-dealkylation sites (tertiary alicyclic amines) is 1. The number of hydrogen-bond acceptors (Lipinski definition) is 5. The molecule has 1 aromatic heterocycles. The second-order valence-electron chi connectivity index (χ2n) is 3.95. The molecule has 0 aromatic carbocycles. The molecule has 2 rings (SSSR count). The first-order valence-electron chi connectivity index (χ1n) is 5.63. The Labute approximate surface area is 94.7 Å². The van der Waals surface area contributed by atoms with E-state index in [1.54, 1.807) is 16.8 Å². The van der Waals surface area contributed by atoms with E-state index in [9.17, 15) is 0 Å². The normalized spacial score (nSPS) is 23.7. The van der Waals surface area contributed by atoms with E-state index in [0.717, 1.165) is 5.13 Å². The predicted octanol–water partition coefficient (Wildman–Crippen LogP) is 1.82. The molecule has 0 bridgehead atoms. The first-order chi connectivity index (χ1) is 7.38. The lowest BCUT2D eigenvalue weighted by molar-refractivity contribution is 0.300. The van der Waals surface area contributed by atoms with Crippen LogP contribution in [-0.4, -0.2) is 40.8 Å². The maximum atomic E-state index is 4.02. The van der Waals surface area contributed by atoms with Gasteiger partial charge in [-0.1, -0.05) is 18.3 Å². The van der Waals surface area contributed by atoms with Gasteiger partial charge in [-0.05, 0) is 32.4 Å². The Hall–Kier alpha value is -0.680. The monoisotopic (exact) mass is 226 g/mol. The molecule has 1 fully saturated rings. The maximum Gasteiger partial charge on any atom is 0.205 e. The molecule has 1 saturated heterocycles. The second-order valence-corrected chi connectivity index (χ2v) is 4.78. The van der Waals surface area contributed by atoms with Gasteiger partial charge in [-0.2, -0.15) is 0 Å². The SMILES string of the molecule is CCN1CCCC(Nc2nncs2)CC1. The Morgan fingerprint density at radius 3 is 3.20 bits per heavy atom. The Bertz CT molecular complexity index is 275. The van der Waals surface area contributed by atoms with Crippen molar-refractivity contribution in [1.82, 2.24) is 15.1 Å². The number of aromatic nitrogens is 2. The minimum absolute atomic E-state index is 0.578. The zero-order valence-electron chi connectivity index (χ0n) is 9.15. The number of hydrogen-bond donors (Lipinski definition) is 1. The fourth-order valence-electron chi connectivity index (χ4n) is 2.03. The van der Waals surface area contributed by atoms with Crippen LogP contribution in [0.3, 0.4) is 0 Å². The lowest BCUT2D eigenvalue weighted by atomic mass is 10.1. The van der Waals surface area contributed by atoms with Crippen LogP contribution in [0.4, 0.5) is 5.13 Å². The van der Waals surface area contributed by atoms with E-state index in [-0.39, 0.29) is 0 Å². The van der Waals surface area contributed by atoms with Crippen molar-refractivity contribution in [2.45, 2.75) is 32.2 Å². The summed E-state index contributed by atoms with van der Waals surface area (Å²) in [5, 5.41) is 12.3. The molecule has 1 atom stereocenters. The van der Waals surface area contributed by atoms with E-state index < -0.39 is 0 Å². The Kier molecular flexibility index (Phi) is 3.91. The van der Waals surface area contributed by atoms with Gasteiger partial charge >= 0.3 is 0 Å². The smallest absolute Gasteiger partial charge is 0.205 e. The maximum absolute atomic E-state index is 4.02. The van der Waals surface area contributed by atoms with Crippen LogP contribution in [-0.2, 0) is 0 Å². The molecule has 4 nitrogen and oxygen atoms in total. The summed E-state index contributed by atoms with van der Waals surface area (Å²) in [6, 6.07) is 0.578. The standard InChI is InChI=1S/C10H18N4S/c1-2-14-6-3-4-9(5-7-14)12-10-13-11-8-15-10/h8-9H,2-7H2,1H3,(H,12,13). The predicted molar refractivity (Wildman–Crippen MR) is 63.3 cm³/mol.